The molecule has 78 valence electrons. The van der Waals surface area contributed by atoms with Crippen molar-refractivity contribution in [3.05, 3.63) is 0 Å². The summed E-state index contributed by atoms with van der Waals surface area (Å²) < 4.78 is 24.4. The predicted molar refractivity (Wildman–Crippen MR) is 47.7 cm³/mol. The van der Waals surface area contributed by atoms with Crippen LogP contribution in [0.2, 0.25) is 0 Å². The lowest BCUT2D eigenvalue weighted by molar-refractivity contribution is -0.0526. The van der Waals surface area contributed by atoms with Gasteiger partial charge in [-0.05, 0) is 24.7 Å². The number of aliphatic hydroxyl groups excluding tert-OH is 1. The van der Waals surface area contributed by atoms with Gasteiger partial charge in [0.05, 0.1) is 0 Å². The van der Waals surface area contributed by atoms with Crippen molar-refractivity contribution in [3.8, 4) is 0 Å². The summed E-state index contributed by atoms with van der Waals surface area (Å²) in [6.45, 7) is 2.09. The van der Waals surface area contributed by atoms with Crippen LogP contribution in [0, 0.1) is 11.8 Å². The second-order valence-corrected chi connectivity index (χ2v) is 4.03. The fourth-order valence-electron chi connectivity index (χ4n) is 2.22. The number of aliphatic hydroxyl groups is 1. The van der Waals surface area contributed by atoms with Gasteiger partial charge >= 0.3 is 0 Å². The normalized spacial score (nSPS) is 32.1. The summed E-state index contributed by atoms with van der Waals surface area (Å²) in [5.74, 6) is 0.380. The Hall–Kier alpha value is -0.180. The van der Waals surface area contributed by atoms with Crippen LogP contribution in [0.25, 0.3) is 0 Å². The van der Waals surface area contributed by atoms with Gasteiger partial charge in [-0.15, -0.1) is 0 Å². The van der Waals surface area contributed by atoms with Gasteiger partial charge in [0.15, 0.2) is 0 Å². The summed E-state index contributed by atoms with van der Waals surface area (Å²) in [5, 5.41) is 9.21. The Bertz CT molecular complexity index is 150. The van der Waals surface area contributed by atoms with E-state index in [1.807, 2.05) is 0 Å². The first-order valence-corrected chi connectivity index (χ1v) is 5.11. The molecule has 0 aromatic heterocycles. The summed E-state index contributed by atoms with van der Waals surface area (Å²) >= 11 is 0. The first-order valence-electron chi connectivity index (χ1n) is 5.11. The molecule has 0 aromatic carbocycles. The zero-order chi connectivity index (χ0) is 9.84. The molecule has 1 saturated carbocycles. The highest BCUT2D eigenvalue weighted by Gasteiger charge is 2.31. The Morgan fingerprint density at radius 1 is 1.38 bits per heavy atom. The molecule has 0 aliphatic heterocycles. The molecule has 1 aliphatic carbocycles. The van der Waals surface area contributed by atoms with E-state index in [2.05, 4.69) is 6.92 Å². The lowest BCUT2D eigenvalue weighted by Gasteiger charge is -2.31. The molecule has 1 aliphatic rings. The molecule has 0 saturated heterocycles. The summed E-state index contributed by atoms with van der Waals surface area (Å²) in [7, 11) is 0. The average molecular weight is 192 g/mol. The number of halogens is 2. The van der Waals surface area contributed by atoms with Crippen LogP contribution in [0.15, 0.2) is 0 Å². The maximum atomic E-state index is 12.2. The molecule has 3 atom stereocenters. The van der Waals surface area contributed by atoms with Crippen molar-refractivity contribution in [2.45, 2.75) is 51.6 Å². The Morgan fingerprint density at radius 2 is 2.08 bits per heavy atom. The number of hydrogen-bond donors (Lipinski definition) is 1. The number of alkyl halides is 2. The molecular weight excluding hydrogens is 174 g/mol. The van der Waals surface area contributed by atoms with Crippen LogP contribution in [0.3, 0.4) is 0 Å². The molecule has 0 bridgehead atoms. The molecule has 0 spiro atoms. The minimum atomic E-state index is -2.57. The molecular formula is C10H18F2O. The van der Waals surface area contributed by atoms with Gasteiger partial charge < -0.3 is 5.11 Å². The molecule has 1 N–H and O–H groups in total. The Labute approximate surface area is 78.1 Å². The topological polar surface area (TPSA) is 20.2 Å². The molecule has 3 unspecified atom stereocenters. The smallest absolute Gasteiger partial charge is 0.264 e. The van der Waals surface area contributed by atoms with Gasteiger partial charge in [0.1, 0.15) is 6.10 Å². The van der Waals surface area contributed by atoms with Gasteiger partial charge in [-0.3, -0.25) is 0 Å². The molecule has 13 heavy (non-hydrogen) atoms. The monoisotopic (exact) mass is 192 g/mol. The first-order chi connectivity index (χ1) is 6.15. The van der Waals surface area contributed by atoms with Crippen LogP contribution in [0.4, 0.5) is 8.78 Å². The minimum absolute atomic E-state index is 0.168. The summed E-state index contributed by atoms with van der Waals surface area (Å²) in [6.07, 6.45) is 0.766. The van der Waals surface area contributed by atoms with Gasteiger partial charge in [-0.25, -0.2) is 8.78 Å². The molecule has 0 heterocycles. The standard InChI is InChI=1S/C10H18F2O/c1-2-7-4-3-5-8(6-7)9(13)10(11)12/h7-10,13H,2-6H2,1H3. The number of rotatable bonds is 3. The Balaban J connectivity index is 2.41. The zero-order valence-corrected chi connectivity index (χ0v) is 8.05. The highest BCUT2D eigenvalue weighted by atomic mass is 19.3. The quantitative estimate of drug-likeness (QED) is 0.729. The van der Waals surface area contributed by atoms with Crippen molar-refractivity contribution in [3.63, 3.8) is 0 Å². The highest BCUT2D eigenvalue weighted by Crippen LogP contribution is 2.34. The van der Waals surface area contributed by atoms with Crippen LogP contribution in [-0.2, 0) is 0 Å². The van der Waals surface area contributed by atoms with Crippen LogP contribution in [-0.4, -0.2) is 17.6 Å². The molecule has 1 fully saturated rings. The van der Waals surface area contributed by atoms with E-state index >= 15 is 0 Å². The molecule has 0 radical (unpaired) electrons. The third kappa shape index (κ3) is 2.90. The van der Waals surface area contributed by atoms with E-state index < -0.39 is 12.5 Å². The fourth-order valence-corrected chi connectivity index (χ4v) is 2.22. The van der Waals surface area contributed by atoms with Crippen molar-refractivity contribution in [1.82, 2.24) is 0 Å². The van der Waals surface area contributed by atoms with Gasteiger partial charge in [0.2, 0.25) is 0 Å². The van der Waals surface area contributed by atoms with Gasteiger partial charge in [0.25, 0.3) is 6.43 Å². The van der Waals surface area contributed by atoms with Gasteiger partial charge in [0, 0.05) is 0 Å². The third-order valence-corrected chi connectivity index (χ3v) is 3.14. The SMILES string of the molecule is CCC1CCCC(C(O)C(F)F)C1. The first kappa shape index (κ1) is 10.9. The highest BCUT2D eigenvalue weighted by molar-refractivity contribution is 4.78. The lowest BCUT2D eigenvalue weighted by atomic mass is 9.78. The van der Waals surface area contributed by atoms with Crippen molar-refractivity contribution >= 4 is 0 Å². The van der Waals surface area contributed by atoms with Crippen LogP contribution >= 0.6 is 0 Å². The van der Waals surface area contributed by atoms with E-state index in [4.69, 9.17) is 0 Å². The van der Waals surface area contributed by atoms with E-state index in [1.54, 1.807) is 0 Å². The molecule has 3 heteroatoms. The number of hydrogen-bond acceptors (Lipinski definition) is 1. The minimum Gasteiger partial charge on any atom is -0.387 e. The second-order valence-electron chi connectivity index (χ2n) is 4.03. The van der Waals surface area contributed by atoms with Crippen molar-refractivity contribution in [2.24, 2.45) is 11.8 Å². The van der Waals surface area contributed by atoms with E-state index in [0.717, 1.165) is 32.1 Å². The maximum Gasteiger partial charge on any atom is 0.264 e. The lowest BCUT2D eigenvalue weighted by Crippen LogP contribution is -2.31. The largest absolute Gasteiger partial charge is 0.387 e. The van der Waals surface area contributed by atoms with E-state index in [0.29, 0.717) is 5.92 Å². The average Bonchev–Trinajstić information content (AvgIpc) is 2.16. The zero-order valence-electron chi connectivity index (χ0n) is 8.05. The van der Waals surface area contributed by atoms with Crippen LogP contribution < -0.4 is 0 Å². The van der Waals surface area contributed by atoms with Gasteiger partial charge in [-0.1, -0.05) is 26.2 Å². The molecule has 0 amide bonds. The van der Waals surface area contributed by atoms with Gasteiger partial charge in [-0.2, -0.15) is 0 Å². The van der Waals surface area contributed by atoms with E-state index in [-0.39, 0.29) is 5.92 Å². The molecule has 1 rings (SSSR count). The summed E-state index contributed by atoms with van der Waals surface area (Å²) in [4.78, 5) is 0. The predicted octanol–water partition coefficient (Wildman–Crippen LogP) is 2.83. The summed E-state index contributed by atoms with van der Waals surface area (Å²) in [5.41, 5.74) is 0. The summed E-state index contributed by atoms with van der Waals surface area (Å²) in [6, 6.07) is 0. The Morgan fingerprint density at radius 3 is 2.62 bits per heavy atom. The van der Waals surface area contributed by atoms with Crippen molar-refractivity contribution in [2.75, 3.05) is 0 Å². The maximum absolute atomic E-state index is 12.2. The third-order valence-electron chi connectivity index (χ3n) is 3.14. The van der Waals surface area contributed by atoms with Crippen molar-refractivity contribution < 1.29 is 13.9 Å². The van der Waals surface area contributed by atoms with E-state index in [1.165, 1.54) is 0 Å². The van der Waals surface area contributed by atoms with Crippen LogP contribution in [0.1, 0.15) is 39.0 Å². The Kier molecular flexibility index (Phi) is 4.10. The second kappa shape index (κ2) is 4.89. The van der Waals surface area contributed by atoms with Crippen molar-refractivity contribution in [1.29, 1.82) is 0 Å². The molecule has 0 aromatic rings. The van der Waals surface area contributed by atoms with E-state index in [9.17, 15) is 13.9 Å². The fraction of sp³-hybridized carbons (Fsp3) is 1.00. The molecule has 1 nitrogen and oxygen atoms in total. The van der Waals surface area contributed by atoms with Crippen LogP contribution in [0.5, 0.6) is 0 Å².